The number of carbonyl (C=O) groups excluding carboxylic acids is 1. The number of rotatable bonds is 8. The molecule has 1 saturated heterocycles. The van der Waals surface area contributed by atoms with Crippen molar-refractivity contribution in [3.63, 3.8) is 0 Å². The summed E-state index contributed by atoms with van der Waals surface area (Å²) in [5.41, 5.74) is -0.308. The third-order valence-corrected chi connectivity index (χ3v) is 6.96. The van der Waals surface area contributed by atoms with Gasteiger partial charge in [0.15, 0.2) is 11.5 Å². The number of hydrogen-bond donors (Lipinski definition) is 2. The summed E-state index contributed by atoms with van der Waals surface area (Å²) in [6.07, 6.45) is 0.442. The van der Waals surface area contributed by atoms with Crippen LogP contribution in [0, 0.1) is 11.7 Å². The number of alkyl halides is 2. The fraction of sp³-hybridized carbons (Fsp3) is 0.478. The molecule has 1 aromatic carbocycles. The first-order valence-electron chi connectivity index (χ1n) is 11.5. The molecule has 1 aliphatic heterocycles. The van der Waals surface area contributed by atoms with Crippen molar-refractivity contribution >= 4 is 17.5 Å². The fourth-order valence-corrected chi connectivity index (χ4v) is 4.86. The second kappa shape index (κ2) is 9.62. The predicted molar refractivity (Wildman–Crippen MR) is 121 cm³/mol. The second-order valence-electron chi connectivity index (χ2n) is 9.04. The van der Waals surface area contributed by atoms with Crippen LogP contribution >= 0.6 is 11.6 Å². The smallest absolute Gasteiger partial charge is 0.280 e. The molecule has 1 amide bonds. The van der Waals surface area contributed by atoms with Crippen LogP contribution in [0.4, 0.5) is 13.2 Å². The molecule has 0 unspecified atom stereocenters. The lowest BCUT2D eigenvalue weighted by atomic mass is 9.95. The first-order valence-corrected chi connectivity index (χ1v) is 11.9. The lowest BCUT2D eigenvalue weighted by molar-refractivity contribution is -0.122. The average Bonchev–Trinajstić information content (AvgIpc) is 3.27. The molecule has 0 spiro atoms. The Kier molecular flexibility index (Phi) is 6.54. The van der Waals surface area contributed by atoms with Crippen molar-refractivity contribution in [2.75, 3.05) is 19.6 Å². The Balaban J connectivity index is 1.33. The van der Waals surface area contributed by atoms with Gasteiger partial charge in [-0.15, -0.1) is 0 Å². The third kappa shape index (κ3) is 4.92. The highest BCUT2D eigenvalue weighted by atomic mass is 35.5. The van der Waals surface area contributed by atoms with Crippen LogP contribution in [0.25, 0.3) is 11.6 Å². The van der Waals surface area contributed by atoms with E-state index in [1.54, 1.807) is 6.07 Å². The predicted octanol–water partition coefficient (Wildman–Crippen LogP) is 3.86. The quantitative estimate of drug-likeness (QED) is 0.479. The molecule has 186 valence electrons. The Labute approximate surface area is 204 Å². The molecular weight excluding hydrogens is 485 g/mol. The molecule has 3 heterocycles. The van der Waals surface area contributed by atoms with Crippen LogP contribution < -0.4 is 10.6 Å². The zero-order valence-corrected chi connectivity index (χ0v) is 19.5. The van der Waals surface area contributed by atoms with Crippen molar-refractivity contribution in [2.24, 2.45) is 5.92 Å². The Morgan fingerprint density at radius 3 is 2.74 bits per heavy atom. The van der Waals surface area contributed by atoms with E-state index in [4.69, 9.17) is 16.1 Å². The SMILES string of the molecule is O=C(Cn1nc(-c2nc(C3(c4ccc(F)cc4Cl)CC3)no2)cc1C(F)F)NCC1CCNCC1. The standard InChI is InChI=1S/C23H24ClF3N6O2/c24-16-9-14(25)1-2-15(16)23(5-6-23)22-30-21(35-32-22)17-10-18(20(26)27)33(31-17)12-19(34)29-11-13-3-7-28-8-4-13/h1-2,9-10,13,20,28H,3-8,11-12H2,(H,29,34). The van der Waals surface area contributed by atoms with Gasteiger partial charge in [-0.2, -0.15) is 10.1 Å². The zero-order chi connectivity index (χ0) is 24.6. The van der Waals surface area contributed by atoms with E-state index < -0.39 is 29.3 Å². The van der Waals surface area contributed by atoms with Crippen molar-refractivity contribution < 1.29 is 22.5 Å². The summed E-state index contributed by atoms with van der Waals surface area (Å²) in [6, 6.07) is 5.28. The Morgan fingerprint density at radius 2 is 2.06 bits per heavy atom. The normalized spacial score (nSPS) is 17.6. The molecule has 2 N–H and O–H groups in total. The number of aromatic nitrogens is 4. The van der Waals surface area contributed by atoms with Gasteiger partial charge in [0.25, 0.3) is 12.3 Å². The minimum absolute atomic E-state index is 0.0414. The first kappa shape index (κ1) is 23.8. The van der Waals surface area contributed by atoms with Gasteiger partial charge in [0.05, 0.1) is 5.41 Å². The van der Waals surface area contributed by atoms with E-state index in [1.807, 2.05) is 0 Å². The number of nitrogens with zero attached hydrogens (tertiary/aromatic N) is 4. The van der Waals surface area contributed by atoms with Gasteiger partial charge in [0.1, 0.15) is 18.1 Å². The van der Waals surface area contributed by atoms with E-state index in [-0.39, 0.29) is 23.2 Å². The van der Waals surface area contributed by atoms with Gasteiger partial charge in [0.2, 0.25) is 5.91 Å². The summed E-state index contributed by atoms with van der Waals surface area (Å²) in [5, 5.41) is 14.5. The van der Waals surface area contributed by atoms with Crippen molar-refractivity contribution in [1.29, 1.82) is 0 Å². The van der Waals surface area contributed by atoms with Gasteiger partial charge in [0, 0.05) is 11.6 Å². The number of benzene rings is 1. The molecule has 0 atom stereocenters. The molecule has 5 rings (SSSR count). The van der Waals surface area contributed by atoms with E-state index >= 15 is 0 Å². The third-order valence-electron chi connectivity index (χ3n) is 6.64. The lowest BCUT2D eigenvalue weighted by Gasteiger charge is -2.22. The molecule has 12 heteroatoms. The summed E-state index contributed by atoms with van der Waals surface area (Å²) in [6.45, 7) is 1.96. The van der Waals surface area contributed by atoms with Crippen molar-refractivity contribution in [3.05, 3.63) is 52.2 Å². The van der Waals surface area contributed by atoms with Crippen LogP contribution in [0.15, 0.2) is 28.8 Å². The fourth-order valence-electron chi connectivity index (χ4n) is 4.51. The number of hydrogen-bond acceptors (Lipinski definition) is 6. The zero-order valence-electron chi connectivity index (χ0n) is 18.7. The monoisotopic (exact) mass is 508 g/mol. The number of amides is 1. The summed E-state index contributed by atoms with van der Waals surface area (Å²) in [7, 11) is 0. The van der Waals surface area contributed by atoms with Gasteiger partial charge in [-0.1, -0.05) is 22.8 Å². The van der Waals surface area contributed by atoms with Crippen LogP contribution in [0.2, 0.25) is 5.02 Å². The maximum absolute atomic E-state index is 13.7. The molecule has 0 bridgehead atoms. The molecule has 3 aromatic rings. The first-order chi connectivity index (χ1) is 16.9. The molecule has 2 aromatic heterocycles. The lowest BCUT2D eigenvalue weighted by Crippen LogP contribution is -2.37. The molecule has 1 aliphatic carbocycles. The number of piperidine rings is 1. The van der Waals surface area contributed by atoms with Gasteiger partial charge in [-0.05, 0) is 68.5 Å². The number of halogens is 4. The summed E-state index contributed by atoms with van der Waals surface area (Å²) >= 11 is 6.24. The largest absolute Gasteiger partial charge is 0.354 e. The van der Waals surface area contributed by atoms with E-state index in [9.17, 15) is 18.0 Å². The van der Waals surface area contributed by atoms with E-state index in [1.165, 1.54) is 12.1 Å². The van der Waals surface area contributed by atoms with Gasteiger partial charge in [-0.25, -0.2) is 13.2 Å². The number of carbonyl (C=O) groups is 1. The van der Waals surface area contributed by atoms with Crippen molar-refractivity contribution in [2.45, 2.75) is 44.1 Å². The van der Waals surface area contributed by atoms with E-state index in [2.05, 4.69) is 25.9 Å². The maximum atomic E-state index is 13.7. The van der Waals surface area contributed by atoms with Crippen LogP contribution in [0.1, 0.15) is 49.2 Å². The molecule has 35 heavy (non-hydrogen) atoms. The van der Waals surface area contributed by atoms with Crippen LogP contribution in [0.3, 0.4) is 0 Å². The highest BCUT2D eigenvalue weighted by Crippen LogP contribution is 2.54. The van der Waals surface area contributed by atoms with Crippen LogP contribution in [-0.4, -0.2) is 45.5 Å². The summed E-state index contributed by atoms with van der Waals surface area (Å²) in [5.74, 6) is -0.194. The van der Waals surface area contributed by atoms with Crippen LogP contribution in [0.5, 0.6) is 0 Å². The molecule has 2 fully saturated rings. The minimum Gasteiger partial charge on any atom is -0.354 e. The summed E-state index contributed by atoms with van der Waals surface area (Å²) in [4.78, 5) is 16.8. The van der Waals surface area contributed by atoms with Gasteiger partial charge < -0.3 is 15.2 Å². The summed E-state index contributed by atoms with van der Waals surface area (Å²) < 4.78 is 47.1. The van der Waals surface area contributed by atoms with Crippen LogP contribution in [-0.2, 0) is 16.8 Å². The average molecular weight is 509 g/mol. The van der Waals surface area contributed by atoms with Crippen molar-refractivity contribution in [3.8, 4) is 11.6 Å². The second-order valence-corrected chi connectivity index (χ2v) is 9.45. The highest BCUT2D eigenvalue weighted by Gasteiger charge is 2.51. The topological polar surface area (TPSA) is 97.9 Å². The Bertz CT molecular complexity index is 1220. The molecule has 1 saturated carbocycles. The maximum Gasteiger partial charge on any atom is 0.280 e. The molecule has 0 radical (unpaired) electrons. The minimum atomic E-state index is -2.84. The molecule has 2 aliphatic rings. The molecular formula is C23H24ClF3N6O2. The number of nitrogens with one attached hydrogen (secondary N) is 2. The Hall–Kier alpha value is -2.92. The van der Waals surface area contributed by atoms with Gasteiger partial charge in [-0.3, -0.25) is 9.48 Å². The van der Waals surface area contributed by atoms with Crippen molar-refractivity contribution in [1.82, 2.24) is 30.6 Å². The van der Waals surface area contributed by atoms with Gasteiger partial charge >= 0.3 is 0 Å². The highest BCUT2D eigenvalue weighted by molar-refractivity contribution is 6.31. The molecule has 8 nitrogen and oxygen atoms in total. The van der Waals surface area contributed by atoms with E-state index in [0.29, 0.717) is 36.7 Å². The van der Waals surface area contributed by atoms with E-state index in [0.717, 1.165) is 36.7 Å². The Morgan fingerprint density at radius 1 is 1.29 bits per heavy atom.